The van der Waals surface area contributed by atoms with Gasteiger partial charge in [-0.1, -0.05) is 6.07 Å². The number of methoxy groups -OCH3 is 1. The van der Waals surface area contributed by atoms with Crippen molar-refractivity contribution in [1.29, 1.82) is 0 Å². The lowest BCUT2D eigenvalue weighted by Crippen LogP contribution is -2.08. The summed E-state index contributed by atoms with van der Waals surface area (Å²) in [6.45, 7) is 0. The molecule has 0 atom stereocenters. The molecule has 90 valence electrons. The summed E-state index contributed by atoms with van der Waals surface area (Å²) in [6.07, 6.45) is -4.60. The molecular weight excluding hydrogens is 235 g/mol. The third-order valence-corrected chi connectivity index (χ3v) is 2.29. The summed E-state index contributed by atoms with van der Waals surface area (Å²) in [5.74, 6) is -0.287. The second kappa shape index (κ2) is 3.80. The molecule has 6 heteroatoms. The van der Waals surface area contributed by atoms with E-state index in [1.54, 1.807) is 6.07 Å². The molecule has 0 fully saturated rings. The number of hydrogen-bond donors (Lipinski definition) is 1. The Morgan fingerprint density at radius 1 is 1.29 bits per heavy atom. The second-order valence-electron chi connectivity index (χ2n) is 3.38. The SMILES string of the molecule is COc1cccc2c(O)cc(C(F)(F)F)nc12. The van der Waals surface area contributed by atoms with Crippen LogP contribution in [0.2, 0.25) is 0 Å². The number of para-hydroxylation sites is 1. The fourth-order valence-electron chi connectivity index (χ4n) is 1.51. The summed E-state index contributed by atoms with van der Waals surface area (Å²) in [4.78, 5) is 3.47. The van der Waals surface area contributed by atoms with Crippen molar-refractivity contribution in [3.63, 3.8) is 0 Å². The first-order chi connectivity index (χ1) is 7.93. The van der Waals surface area contributed by atoms with Crippen molar-refractivity contribution in [2.24, 2.45) is 0 Å². The summed E-state index contributed by atoms with van der Waals surface area (Å²) in [5, 5.41) is 9.76. The van der Waals surface area contributed by atoms with Gasteiger partial charge in [0.05, 0.1) is 7.11 Å². The average Bonchev–Trinajstić information content (AvgIpc) is 2.27. The average molecular weight is 243 g/mol. The Bertz CT molecular complexity index is 566. The molecule has 0 aliphatic rings. The van der Waals surface area contributed by atoms with Gasteiger partial charge in [-0.3, -0.25) is 0 Å². The number of pyridine rings is 1. The minimum Gasteiger partial charge on any atom is -0.507 e. The Balaban J connectivity index is 2.79. The summed E-state index contributed by atoms with van der Waals surface area (Å²) < 4.78 is 42.5. The van der Waals surface area contributed by atoms with Gasteiger partial charge in [0.2, 0.25) is 0 Å². The highest BCUT2D eigenvalue weighted by molar-refractivity contribution is 5.89. The molecule has 1 heterocycles. The first-order valence-electron chi connectivity index (χ1n) is 4.67. The van der Waals surface area contributed by atoms with Gasteiger partial charge in [-0.25, -0.2) is 4.98 Å². The van der Waals surface area contributed by atoms with Gasteiger partial charge >= 0.3 is 6.18 Å². The zero-order valence-electron chi connectivity index (χ0n) is 8.75. The van der Waals surface area contributed by atoms with E-state index in [2.05, 4.69) is 4.98 Å². The number of nitrogens with zero attached hydrogens (tertiary/aromatic N) is 1. The zero-order chi connectivity index (χ0) is 12.6. The minimum atomic E-state index is -4.60. The van der Waals surface area contributed by atoms with E-state index in [9.17, 15) is 18.3 Å². The number of aromatic nitrogens is 1. The summed E-state index contributed by atoms with van der Waals surface area (Å²) >= 11 is 0. The normalized spacial score (nSPS) is 11.8. The van der Waals surface area contributed by atoms with Crippen LogP contribution in [0.5, 0.6) is 11.5 Å². The van der Waals surface area contributed by atoms with Gasteiger partial charge in [-0.05, 0) is 12.1 Å². The van der Waals surface area contributed by atoms with Gasteiger partial charge in [0.15, 0.2) is 0 Å². The van der Waals surface area contributed by atoms with Gasteiger partial charge < -0.3 is 9.84 Å². The van der Waals surface area contributed by atoms with E-state index in [1.165, 1.54) is 19.2 Å². The first-order valence-corrected chi connectivity index (χ1v) is 4.67. The second-order valence-corrected chi connectivity index (χ2v) is 3.38. The molecule has 0 unspecified atom stereocenters. The van der Waals surface area contributed by atoms with Crippen molar-refractivity contribution in [3.8, 4) is 11.5 Å². The van der Waals surface area contributed by atoms with Crippen LogP contribution < -0.4 is 4.74 Å². The first kappa shape index (κ1) is 11.5. The van der Waals surface area contributed by atoms with E-state index in [-0.39, 0.29) is 16.7 Å². The Labute approximate surface area is 94.5 Å². The molecule has 1 aromatic heterocycles. The quantitative estimate of drug-likeness (QED) is 0.837. The van der Waals surface area contributed by atoms with Crippen LogP contribution in [0, 0.1) is 0 Å². The molecule has 0 aliphatic heterocycles. The lowest BCUT2D eigenvalue weighted by molar-refractivity contribution is -0.141. The maximum atomic E-state index is 12.5. The van der Waals surface area contributed by atoms with Crippen LogP contribution in [0.4, 0.5) is 13.2 Å². The predicted molar refractivity (Wildman–Crippen MR) is 55.0 cm³/mol. The molecule has 0 radical (unpaired) electrons. The molecule has 2 aromatic rings. The molecule has 0 saturated carbocycles. The highest BCUT2D eigenvalue weighted by Gasteiger charge is 2.33. The largest absolute Gasteiger partial charge is 0.507 e. The Kier molecular flexibility index (Phi) is 2.57. The molecule has 0 spiro atoms. The lowest BCUT2D eigenvalue weighted by Gasteiger charge is -2.10. The highest BCUT2D eigenvalue weighted by atomic mass is 19.4. The van der Waals surface area contributed by atoms with Gasteiger partial charge in [-0.15, -0.1) is 0 Å². The molecular formula is C11H8F3NO2. The van der Waals surface area contributed by atoms with Gasteiger partial charge in [0, 0.05) is 11.5 Å². The Morgan fingerprint density at radius 3 is 2.59 bits per heavy atom. The molecule has 0 aliphatic carbocycles. The smallest absolute Gasteiger partial charge is 0.433 e. The minimum absolute atomic E-state index is 0.0117. The molecule has 0 amide bonds. The standard InChI is InChI=1S/C11H8F3NO2/c1-17-8-4-2-3-6-7(16)5-9(11(12,13)14)15-10(6)8/h2-5H,1H3,(H,15,16). The topological polar surface area (TPSA) is 42.4 Å². The molecule has 2 rings (SSSR count). The highest BCUT2D eigenvalue weighted by Crippen LogP contribution is 2.36. The Morgan fingerprint density at radius 2 is 2.00 bits per heavy atom. The third kappa shape index (κ3) is 1.98. The zero-order valence-corrected chi connectivity index (χ0v) is 8.75. The van der Waals surface area contributed by atoms with Crippen molar-refractivity contribution in [1.82, 2.24) is 4.98 Å². The number of halogens is 3. The van der Waals surface area contributed by atoms with Crippen LogP contribution in [-0.2, 0) is 6.18 Å². The summed E-state index contributed by atoms with van der Waals surface area (Å²) in [6, 6.07) is 5.12. The van der Waals surface area contributed by atoms with Crippen molar-refractivity contribution in [3.05, 3.63) is 30.0 Å². The number of hydrogen-bond acceptors (Lipinski definition) is 3. The molecule has 3 nitrogen and oxygen atoms in total. The van der Waals surface area contributed by atoms with Crippen molar-refractivity contribution in [2.75, 3.05) is 7.11 Å². The van der Waals surface area contributed by atoms with E-state index < -0.39 is 17.6 Å². The van der Waals surface area contributed by atoms with Crippen LogP contribution in [0.15, 0.2) is 24.3 Å². The fourth-order valence-corrected chi connectivity index (χ4v) is 1.51. The number of rotatable bonds is 1. The van der Waals surface area contributed by atoms with Crippen LogP contribution in [-0.4, -0.2) is 17.2 Å². The van der Waals surface area contributed by atoms with Crippen LogP contribution in [0.3, 0.4) is 0 Å². The van der Waals surface area contributed by atoms with E-state index >= 15 is 0 Å². The van der Waals surface area contributed by atoms with Crippen molar-refractivity contribution < 1.29 is 23.0 Å². The molecule has 0 saturated heterocycles. The van der Waals surface area contributed by atoms with E-state index in [1.807, 2.05) is 0 Å². The maximum Gasteiger partial charge on any atom is 0.433 e. The van der Waals surface area contributed by atoms with E-state index in [0.29, 0.717) is 6.07 Å². The summed E-state index contributed by atoms with van der Waals surface area (Å²) in [7, 11) is 1.33. The van der Waals surface area contributed by atoms with E-state index in [4.69, 9.17) is 4.74 Å². The van der Waals surface area contributed by atoms with Crippen molar-refractivity contribution >= 4 is 10.9 Å². The number of aromatic hydroxyl groups is 1. The van der Waals surface area contributed by atoms with Crippen LogP contribution in [0.25, 0.3) is 10.9 Å². The molecule has 17 heavy (non-hydrogen) atoms. The number of benzene rings is 1. The monoisotopic (exact) mass is 243 g/mol. The number of fused-ring (bicyclic) bond motifs is 1. The third-order valence-electron chi connectivity index (χ3n) is 2.29. The predicted octanol–water partition coefficient (Wildman–Crippen LogP) is 2.97. The van der Waals surface area contributed by atoms with Crippen molar-refractivity contribution in [2.45, 2.75) is 6.18 Å². The lowest BCUT2D eigenvalue weighted by atomic mass is 10.1. The van der Waals surface area contributed by atoms with E-state index in [0.717, 1.165) is 0 Å². The van der Waals surface area contributed by atoms with Gasteiger partial charge in [0.1, 0.15) is 22.7 Å². The number of alkyl halides is 3. The Hall–Kier alpha value is -1.98. The molecule has 1 N–H and O–H groups in total. The van der Waals surface area contributed by atoms with Crippen LogP contribution >= 0.6 is 0 Å². The van der Waals surface area contributed by atoms with Gasteiger partial charge in [-0.2, -0.15) is 13.2 Å². The molecule has 0 bridgehead atoms. The maximum absolute atomic E-state index is 12.5. The summed E-state index contributed by atoms with van der Waals surface area (Å²) in [5.41, 5.74) is -1.16. The molecule has 1 aromatic carbocycles. The van der Waals surface area contributed by atoms with Crippen LogP contribution in [0.1, 0.15) is 5.69 Å². The van der Waals surface area contributed by atoms with Gasteiger partial charge in [0.25, 0.3) is 0 Å². The number of ether oxygens (including phenoxy) is 1. The fraction of sp³-hybridized carbons (Fsp3) is 0.182.